The molecule has 0 spiro atoms. The van der Waals surface area contributed by atoms with E-state index in [9.17, 15) is 4.79 Å². The minimum Gasteiger partial charge on any atom is -0.466 e. The summed E-state index contributed by atoms with van der Waals surface area (Å²) in [6, 6.07) is 0. The summed E-state index contributed by atoms with van der Waals surface area (Å²) in [5.74, 6) is -0.127. The lowest BCUT2D eigenvalue weighted by Gasteiger charge is -2.06. The Morgan fingerprint density at radius 2 is 1.40 bits per heavy atom. The first-order valence-corrected chi connectivity index (χ1v) is 7.70. The van der Waals surface area contributed by atoms with Gasteiger partial charge in [-0.2, -0.15) is 0 Å². The van der Waals surface area contributed by atoms with Crippen LogP contribution in [-0.4, -0.2) is 52.2 Å². The topological polar surface area (TPSA) is 54.0 Å². The molecule has 0 saturated carbocycles. The fourth-order valence-corrected chi connectivity index (χ4v) is 1.51. The molecular weight excluding hydrogens is 260 g/mol. The molecule has 0 bridgehead atoms. The summed E-state index contributed by atoms with van der Waals surface area (Å²) >= 11 is 0. The Morgan fingerprint density at radius 3 is 2.05 bits per heavy atom. The Labute approximate surface area is 122 Å². The largest absolute Gasteiger partial charge is 0.466 e. The van der Waals surface area contributed by atoms with E-state index in [1.54, 1.807) is 0 Å². The minimum absolute atomic E-state index is 0.127. The predicted octanol–water partition coefficient (Wildman–Crippen LogP) is 2.57. The number of esters is 1. The normalized spacial score (nSPS) is 10.7. The molecule has 0 unspecified atom stereocenters. The van der Waals surface area contributed by atoms with Gasteiger partial charge in [0.05, 0.1) is 33.0 Å². The van der Waals surface area contributed by atoms with Gasteiger partial charge in [-0.1, -0.05) is 19.8 Å². The number of rotatable bonds is 15. The van der Waals surface area contributed by atoms with Gasteiger partial charge in [-0.3, -0.25) is 4.79 Å². The van der Waals surface area contributed by atoms with E-state index in [2.05, 4.69) is 6.92 Å². The third-order valence-electron chi connectivity index (χ3n) is 2.63. The maximum atomic E-state index is 11.3. The Bertz CT molecular complexity index is 208. The average molecular weight is 290 g/mol. The molecule has 0 radical (unpaired) electrons. The summed E-state index contributed by atoms with van der Waals surface area (Å²) in [7, 11) is 0. The van der Waals surface area contributed by atoms with Crippen LogP contribution in [0.15, 0.2) is 0 Å². The lowest BCUT2D eigenvalue weighted by molar-refractivity contribution is -0.144. The van der Waals surface area contributed by atoms with E-state index in [0.29, 0.717) is 59.1 Å². The lowest BCUT2D eigenvalue weighted by Crippen LogP contribution is -2.11. The van der Waals surface area contributed by atoms with Crippen LogP contribution in [0.25, 0.3) is 0 Å². The predicted molar refractivity (Wildman–Crippen MR) is 77.8 cm³/mol. The van der Waals surface area contributed by atoms with Crippen LogP contribution in [0.3, 0.4) is 0 Å². The zero-order valence-corrected chi connectivity index (χ0v) is 13.0. The number of hydrogen-bond donors (Lipinski definition) is 0. The van der Waals surface area contributed by atoms with Crippen molar-refractivity contribution in [2.75, 3.05) is 46.2 Å². The quantitative estimate of drug-likeness (QED) is 0.343. The summed E-state index contributed by atoms with van der Waals surface area (Å²) < 4.78 is 20.9. The third kappa shape index (κ3) is 15.4. The molecule has 0 fully saturated rings. The van der Waals surface area contributed by atoms with Gasteiger partial charge in [0.2, 0.25) is 0 Å². The second-order valence-corrected chi connectivity index (χ2v) is 4.45. The van der Waals surface area contributed by atoms with Crippen LogP contribution in [0.4, 0.5) is 0 Å². The van der Waals surface area contributed by atoms with Crippen LogP contribution >= 0.6 is 0 Å². The number of ether oxygens (including phenoxy) is 4. The highest BCUT2D eigenvalue weighted by atomic mass is 16.5. The Kier molecular flexibility index (Phi) is 15.9. The van der Waals surface area contributed by atoms with Crippen LogP contribution in [-0.2, 0) is 23.7 Å². The van der Waals surface area contributed by atoms with Crippen molar-refractivity contribution in [3.8, 4) is 0 Å². The molecule has 0 aliphatic carbocycles. The SMILES string of the molecule is CCCCCOC(=O)CCCOCCOCCOCC. The van der Waals surface area contributed by atoms with Crippen molar-refractivity contribution in [2.24, 2.45) is 0 Å². The van der Waals surface area contributed by atoms with Crippen LogP contribution in [0.2, 0.25) is 0 Å². The van der Waals surface area contributed by atoms with E-state index >= 15 is 0 Å². The Balaban J connectivity index is 3.09. The van der Waals surface area contributed by atoms with E-state index in [0.717, 1.165) is 19.3 Å². The zero-order chi connectivity index (χ0) is 14.9. The fraction of sp³-hybridized carbons (Fsp3) is 0.933. The Morgan fingerprint density at radius 1 is 0.750 bits per heavy atom. The highest BCUT2D eigenvalue weighted by Gasteiger charge is 2.02. The summed E-state index contributed by atoms with van der Waals surface area (Å²) in [4.78, 5) is 11.3. The number of carbonyl (C=O) groups excluding carboxylic acids is 1. The van der Waals surface area contributed by atoms with Crippen molar-refractivity contribution in [1.82, 2.24) is 0 Å². The molecule has 0 aliphatic heterocycles. The van der Waals surface area contributed by atoms with E-state index in [4.69, 9.17) is 18.9 Å². The molecular formula is C15H30O5. The van der Waals surface area contributed by atoms with Crippen molar-refractivity contribution in [3.05, 3.63) is 0 Å². The number of hydrogen-bond acceptors (Lipinski definition) is 5. The number of unbranched alkanes of at least 4 members (excludes halogenated alkanes) is 2. The summed E-state index contributed by atoms with van der Waals surface area (Å²) in [6.07, 6.45) is 4.33. The molecule has 0 amide bonds. The molecule has 0 saturated heterocycles. The van der Waals surface area contributed by atoms with Gasteiger partial charge in [0.15, 0.2) is 0 Å². The smallest absolute Gasteiger partial charge is 0.305 e. The standard InChI is InChI=1S/C15H30O5/c1-3-5-6-10-20-15(16)8-7-9-18-13-14-19-12-11-17-4-2/h3-14H2,1-2H3. The molecule has 120 valence electrons. The number of carbonyl (C=O) groups is 1. The van der Waals surface area contributed by atoms with Gasteiger partial charge in [0, 0.05) is 19.6 Å². The van der Waals surface area contributed by atoms with E-state index in [1.807, 2.05) is 6.92 Å². The summed E-state index contributed by atoms with van der Waals surface area (Å²) in [5.41, 5.74) is 0. The molecule has 0 rings (SSSR count). The van der Waals surface area contributed by atoms with Crippen LogP contribution in [0, 0.1) is 0 Å². The maximum Gasteiger partial charge on any atom is 0.305 e. The summed E-state index contributed by atoms with van der Waals surface area (Å²) in [6.45, 7) is 8.25. The molecule has 0 heterocycles. The van der Waals surface area contributed by atoms with E-state index in [1.165, 1.54) is 0 Å². The highest BCUT2D eigenvalue weighted by Crippen LogP contribution is 1.98. The second kappa shape index (κ2) is 16.4. The third-order valence-corrected chi connectivity index (χ3v) is 2.63. The van der Waals surface area contributed by atoms with Crippen molar-refractivity contribution < 1.29 is 23.7 Å². The monoisotopic (exact) mass is 290 g/mol. The molecule has 0 aliphatic rings. The molecule has 20 heavy (non-hydrogen) atoms. The first-order valence-electron chi connectivity index (χ1n) is 7.70. The molecule has 5 nitrogen and oxygen atoms in total. The second-order valence-electron chi connectivity index (χ2n) is 4.45. The minimum atomic E-state index is -0.127. The van der Waals surface area contributed by atoms with E-state index < -0.39 is 0 Å². The maximum absolute atomic E-state index is 11.3. The Hall–Kier alpha value is -0.650. The van der Waals surface area contributed by atoms with Crippen molar-refractivity contribution >= 4 is 5.97 Å². The average Bonchev–Trinajstić information content (AvgIpc) is 2.45. The molecule has 0 aromatic rings. The highest BCUT2D eigenvalue weighted by molar-refractivity contribution is 5.69. The van der Waals surface area contributed by atoms with Gasteiger partial charge in [-0.25, -0.2) is 0 Å². The van der Waals surface area contributed by atoms with Gasteiger partial charge < -0.3 is 18.9 Å². The molecule has 0 N–H and O–H groups in total. The van der Waals surface area contributed by atoms with Crippen LogP contribution in [0.5, 0.6) is 0 Å². The van der Waals surface area contributed by atoms with Gasteiger partial charge in [0.25, 0.3) is 0 Å². The molecule has 5 heteroatoms. The van der Waals surface area contributed by atoms with Gasteiger partial charge in [0.1, 0.15) is 0 Å². The van der Waals surface area contributed by atoms with E-state index in [-0.39, 0.29) is 5.97 Å². The molecule has 0 aromatic heterocycles. The summed E-state index contributed by atoms with van der Waals surface area (Å²) in [5, 5.41) is 0. The van der Waals surface area contributed by atoms with Crippen LogP contribution in [0.1, 0.15) is 46.0 Å². The van der Waals surface area contributed by atoms with Gasteiger partial charge in [-0.15, -0.1) is 0 Å². The van der Waals surface area contributed by atoms with Crippen molar-refractivity contribution in [1.29, 1.82) is 0 Å². The first kappa shape index (κ1) is 19.4. The fourth-order valence-electron chi connectivity index (χ4n) is 1.51. The van der Waals surface area contributed by atoms with Crippen LogP contribution < -0.4 is 0 Å². The first-order chi connectivity index (χ1) is 9.81. The van der Waals surface area contributed by atoms with Crippen molar-refractivity contribution in [2.45, 2.75) is 46.0 Å². The van der Waals surface area contributed by atoms with Crippen molar-refractivity contribution in [3.63, 3.8) is 0 Å². The zero-order valence-electron chi connectivity index (χ0n) is 13.0. The van der Waals surface area contributed by atoms with Gasteiger partial charge >= 0.3 is 5.97 Å². The van der Waals surface area contributed by atoms with Gasteiger partial charge in [-0.05, 0) is 19.8 Å². The lowest BCUT2D eigenvalue weighted by atomic mass is 10.3. The molecule has 0 aromatic carbocycles. The molecule has 0 atom stereocenters.